The van der Waals surface area contributed by atoms with Gasteiger partial charge in [0.15, 0.2) is 6.23 Å². The SMILES string of the molecule is Cc1cn(C2O[C@H](COP(=O)(O)O)[C@@H](O)C2O)c(=O)[nH]c1=O. The summed E-state index contributed by atoms with van der Waals surface area (Å²) in [6, 6.07) is 0. The number of H-pyrrole nitrogens is 1. The molecule has 0 spiro atoms. The van der Waals surface area contributed by atoms with Gasteiger partial charge >= 0.3 is 13.5 Å². The fourth-order valence-electron chi connectivity index (χ4n) is 2.04. The van der Waals surface area contributed by atoms with Gasteiger partial charge in [0, 0.05) is 11.8 Å². The molecule has 1 aromatic heterocycles. The van der Waals surface area contributed by atoms with Gasteiger partial charge in [0.05, 0.1) is 6.61 Å². The van der Waals surface area contributed by atoms with Crippen LogP contribution in [0.15, 0.2) is 15.8 Å². The van der Waals surface area contributed by atoms with Crippen LogP contribution in [0.2, 0.25) is 0 Å². The zero-order valence-corrected chi connectivity index (χ0v) is 12.2. The Labute approximate surface area is 123 Å². The van der Waals surface area contributed by atoms with E-state index < -0.39 is 50.2 Å². The minimum Gasteiger partial charge on any atom is -0.387 e. The van der Waals surface area contributed by atoms with E-state index in [1.165, 1.54) is 6.92 Å². The van der Waals surface area contributed by atoms with Crippen LogP contribution in [0.25, 0.3) is 0 Å². The predicted molar refractivity (Wildman–Crippen MR) is 70.0 cm³/mol. The maximum absolute atomic E-state index is 11.7. The van der Waals surface area contributed by atoms with Gasteiger partial charge in [-0.3, -0.25) is 18.9 Å². The zero-order valence-electron chi connectivity index (χ0n) is 11.3. The summed E-state index contributed by atoms with van der Waals surface area (Å²) in [6.45, 7) is 0.747. The molecule has 11 nitrogen and oxygen atoms in total. The van der Waals surface area contributed by atoms with E-state index in [1.807, 2.05) is 4.98 Å². The first-order valence-electron chi connectivity index (χ1n) is 6.14. The number of hydrogen-bond donors (Lipinski definition) is 5. The van der Waals surface area contributed by atoms with Crippen molar-refractivity contribution in [3.63, 3.8) is 0 Å². The largest absolute Gasteiger partial charge is 0.469 e. The van der Waals surface area contributed by atoms with Crippen molar-refractivity contribution in [3.8, 4) is 0 Å². The van der Waals surface area contributed by atoms with E-state index in [0.717, 1.165) is 10.8 Å². The van der Waals surface area contributed by atoms with Crippen LogP contribution in [0.3, 0.4) is 0 Å². The quantitative estimate of drug-likeness (QED) is 0.374. The summed E-state index contributed by atoms with van der Waals surface area (Å²) in [5, 5.41) is 19.7. The maximum Gasteiger partial charge on any atom is 0.469 e. The van der Waals surface area contributed by atoms with Crippen LogP contribution in [-0.4, -0.2) is 54.5 Å². The highest BCUT2D eigenvalue weighted by molar-refractivity contribution is 7.46. The lowest BCUT2D eigenvalue weighted by Gasteiger charge is -2.17. The number of nitrogens with zero attached hydrogens (tertiary/aromatic N) is 1. The lowest BCUT2D eigenvalue weighted by Crippen LogP contribution is -2.38. The third kappa shape index (κ3) is 3.52. The number of aryl methyl sites for hydroxylation is 1. The van der Waals surface area contributed by atoms with Crippen LogP contribution in [-0.2, 0) is 13.8 Å². The second-order valence-corrected chi connectivity index (χ2v) is 6.05. The van der Waals surface area contributed by atoms with E-state index in [1.54, 1.807) is 0 Å². The third-order valence-corrected chi connectivity index (χ3v) is 3.65. The smallest absolute Gasteiger partial charge is 0.387 e. The van der Waals surface area contributed by atoms with Crippen molar-refractivity contribution in [2.24, 2.45) is 0 Å². The Morgan fingerprint density at radius 3 is 2.59 bits per heavy atom. The zero-order chi connectivity index (χ0) is 16.7. The molecule has 1 aromatic rings. The van der Waals surface area contributed by atoms with Gasteiger partial charge in [0.2, 0.25) is 0 Å². The van der Waals surface area contributed by atoms with Crippen molar-refractivity contribution in [3.05, 3.63) is 32.6 Å². The average molecular weight is 338 g/mol. The van der Waals surface area contributed by atoms with E-state index in [2.05, 4.69) is 4.52 Å². The van der Waals surface area contributed by atoms with E-state index in [4.69, 9.17) is 14.5 Å². The molecule has 22 heavy (non-hydrogen) atoms. The van der Waals surface area contributed by atoms with Crippen LogP contribution in [0.5, 0.6) is 0 Å². The van der Waals surface area contributed by atoms with Crippen LogP contribution >= 0.6 is 7.82 Å². The molecule has 2 rings (SSSR count). The first-order chi connectivity index (χ1) is 10.1. The monoisotopic (exact) mass is 338 g/mol. The van der Waals surface area contributed by atoms with Crippen LogP contribution < -0.4 is 11.2 Å². The fraction of sp³-hybridized carbons (Fsp3) is 0.600. The van der Waals surface area contributed by atoms with E-state index in [-0.39, 0.29) is 5.56 Å². The molecule has 0 amide bonds. The Morgan fingerprint density at radius 1 is 1.36 bits per heavy atom. The Kier molecular flexibility index (Phi) is 4.68. The van der Waals surface area contributed by atoms with Crippen molar-refractivity contribution >= 4 is 7.82 Å². The van der Waals surface area contributed by atoms with Crippen molar-refractivity contribution in [1.82, 2.24) is 9.55 Å². The van der Waals surface area contributed by atoms with Crippen LogP contribution in [0.1, 0.15) is 11.8 Å². The Hall–Kier alpha value is -1.33. The number of rotatable bonds is 4. The Bertz CT molecular complexity index is 707. The molecule has 2 heterocycles. The molecule has 1 aliphatic heterocycles. The van der Waals surface area contributed by atoms with Crippen molar-refractivity contribution in [2.45, 2.75) is 31.5 Å². The first kappa shape index (κ1) is 17.0. The number of aliphatic hydroxyl groups excluding tert-OH is 2. The highest BCUT2D eigenvalue weighted by Crippen LogP contribution is 2.38. The van der Waals surface area contributed by atoms with Gasteiger partial charge in [-0.05, 0) is 6.92 Å². The molecule has 1 fully saturated rings. The third-order valence-electron chi connectivity index (χ3n) is 3.16. The summed E-state index contributed by atoms with van der Waals surface area (Å²) in [5.74, 6) is 0. The van der Waals surface area contributed by atoms with Crippen molar-refractivity contribution in [2.75, 3.05) is 6.61 Å². The Morgan fingerprint density at radius 2 is 2.00 bits per heavy atom. The number of aromatic amines is 1. The number of nitrogens with one attached hydrogen (secondary N) is 1. The average Bonchev–Trinajstić information content (AvgIpc) is 2.68. The summed E-state index contributed by atoms with van der Waals surface area (Å²) in [5.41, 5.74) is -1.28. The van der Waals surface area contributed by atoms with Crippen molar-refractivity contribution in [1.29, 1.82) is 0 Å². The topological polar surface area (TPSA) is 171 Å². The fourth-order valence-corrected chi connectivity index (χ4v) is 2.38. The van der Waals surface area contributed by atoms with Gasteiger partial charge in [0.25, 0.3) is 5.56 Å². The number of phosphoric acid groups is 1. The van der Waals surface area contributed by atoms with Gasteiger partial charge in [0.1, 0.15) is 18.3 Å². The molecule has 0 bridgehead atoms. The minimum absolute atomic E-state index is 0.180. The van der Waals surface area contributed by atoms with Crippen LogP contribution in [0, 0.1) is 6.92 Å². The number of ether oxygens (including phenoxy) is 1. The highest BCUT2D eigenvalue weighted by Gasteiger charge is 2.45. The predicted octanol–water partition coefficient (Wildman–Crippen LogP) is -2.43. The molecule has 0 saturated carbocycles. The normalized spacial score (nSPS) is 29.0. The molecular weight excluding hydrogens is 323 g/mol. The second-order valence-electron chi connectivity index (χ2n) is 4.81. The molecule has 12 heteroatoms. The molecule has 5 N–H and O–H groups in total. The number of hydrogen-bond acceptors (Lipinski definition) is 7. The Balaban J connectivity index is 2.23. The number of phosphoric ester groups is 1. The molecular formula is C10H15N2O9P. The highest BCUT2D eigenvalue weighted by atomic mass is 31.2. The molecule has 2 unspecified atom stereocenters. The van der Waals surface area contributed by atoms with Gasteiger partial charge < -0.3 is 24.7 Å². The molecule has 1 aliphatic rings. The van der Waals surface area contributed by atoms with E-state index in [0.29, 0.717) is 0 Å². The lowest BCUT2D eigenvalue weighted by atomic mass is 10.1. The molecule has 0 aliphatic carbocycles. The van der Waals surface area contributed by atoms with Crippen LogP contribution in [0.4, 0.5) is 0 Å². The molecule has 124 valence electrons. The summed E-state index contributed by atoms with van der Waals surface area (Å²) >= 11 is 0. The van der Waals surface area contributed by atoms with Gasteiger partial charge in [-0.2, -0.15) is 0 Å². The molecule has 0 aromatic carbocycles. The van der Waals surface area contributed by atoms with E-state index >= 15 is 0 Å². The second kappa shape index (κ2) is 6.05. The first-order valence-corrected chi connectivity index (χ1v) is 7.67. The van der Waals surface area contributed by atoms with Gasteiger partial charge in [-0.25, -0.2) is 9.36 Å². The van der Waals surface area contributed by atoms with E-state index in [9.17, 15) is 24.4 Å². The molecule has 0 radical (unpaired) electrons. The van der Waals surface area contributed by atoms with Crippen molar-refractivity contribution < 1.29 is 33.8 Å². The van der Waals surface area contributed by atoms with Gasteiger partial charge in [-0.15, -0.1) is 0 Å². The molecule has 4 atom stereocenters. The summed E-state index contributed by atoms with van der Waals surface area (Å²) in [4.78, 5) is 42.3. The number of aromatic nitrogens is 2. The maximum atomic E-state index is 11.7. The number of aliphatic hydroxyl groups is 2. The summed E-state index contributed by atoms with van der Waals surface area (Å²) in [7, 11) is -4.77. The summed E-state index contributed by atoms with van der Waals surface area (Å²) < 4.78 is 20.9. The lowest BCUT2D eigenvalue weighted by molar-refractivity contribution is -0.0543. The van der Waals surface area contributed by atoms with Gasteiger partial charge in [-0.1, -0.05) is 0 Å². The minimum atomic E-state index is -4.77. The molecule has 1 saturated heterocycles. The standard InChI is InChI=1S/C10H15N2O9P/c1-4-2-12(10(16)11-8(4)15)9-7(14)6(13)5(21-9)3-20-22(17,18)19/h2,5-7,9,13-14H,3H2,1H3,(H,11,15,16)(H2,17,18,19)/t5-,6-,7?,9?/m1/s1. The summed E-state index contributed by atoms with van der Waals surface area (Å²) in [6.07, 6.45) is -4.52.